The van der Waals surface area contributed by atoms with Gasteiger partial charge in [-0.05, 0) is 42.8 Å². The third kappa shape index (κ3) is 3.92. The number of fused-ring (bicyclic) bond motifs is 1. The molecule has 33 heavy (non-hydrogen) atoms. The molecule has 0 aliphatic rings. The van der Waals surface area contributed by atoms with Crippen LogP contribution in [0.2, 0.25) is 5.02 Å². The second-order valence-electron chi connectivity index (χ2n) is 7.64. The molecule has 0 saturated carbocycles. The van der Waals surface area contributed by atoms with E-state index in [0.29, 0.717) is 21.3 Å². The molecule has 0 aliphatic carbocycles. The van der Waals surface area contributed by atoms with E-state index in [1.54, 1.807) is 39.8 Å². The summed E-state index contributed by atoms with van der Waals surface area (Å²) in [6.07, 6.45) is 3.43. The second-order valence-corrected chi connectivity index (χ2v) is 9.07. The van der Waals surface area contributed by atoms with Crippen LogP contribution in [0.1, 0.15) is 32.8 Å². The SMILES string of the molecule is Cc1nn(-c2ccccc2Cl)c2sc(C(=O)NC(c3cccc(F)c3)c3nccn3C)cc12. The van der Waals surface area contributed by atoms with Crippen LogP contribution in [-0.2, 0) is 7.05 Å². The standard InChI is InChI=1S/C24H19ClFN5OS/c1-14-17-13-20(33-24(17)31(29-14)19-9-4-3-8-18(19)25)23(32)28-21(22-27-10-11-30(22)2)15-6-5-7-16(26)12-15/h3-13,21H,1-2H3,(H,28,32). The van der Waals surface area contributed by atoms with E-state index in [1.807, 2.05) is 38.2 Å². The van der Waals surface area contributed by atoms with Crippen molar-refractivity contribution in [3.63, 3.8) is 0 Å². The molecular weight excluding hydrogens is 461 g/mol. The van der Waals surface area contributed by atoms with Gasteiger partial charge in [0.25, 0.3) is 5.91 Å². The number of aryl methyl sites for hydroxylation is 2. The average molecular weight is 480 g/mol. The fourth-order valence-electron chi connectivity index (χ4n) is 3.79. The maximum absolute atomic E-state index is 14.0. The lowest BCUT2D eigenvalue weighted by Gasteiger charge is -2.19. The van der Waals surface area contributed by atoms with E-state index in [1.165, 1.54) is 23.5 Å². The maximum Gasteiger partial charge on any atom is 0.262 e. The number of carbonyl (C=O) groups is 1. The highest BCUT2D eigenvalue weighted by Crippen LogP contribution is 2.33. The van der Waals surface area contributed by atoms with Crippen LogP contribution in [-0.4, -0.2) is 25.2 Å². The van der Waals surface area contributed by atoms with E-state index in [9.17, 15) is 9.18 Å². The van der Waals surface area contributed by atoms with E-state index in [4.69, 9.17) is 11.6 Å². The summed E-state index contributed by atoms with van der Waals surface area (Å²) in [6.45, 7) is 1.90. The van der Waals surface area contributed by atoms with Crippen molar-refractivity contribution in [3.8, 4) is 5.69 Å². The van der Waals surface area contributed by atoms with Gasteiger partial charge in [-0.2, -0.15) is 5.10 Å². The van der Waals surface area contributed by atoms with Crippen molar-refractivity contribution in [2.45, 2.75) is 13.0 Å². The fourth-order valence-corrected chi connectivity index (χ4v) is 5.08. The fraction of sp³-hybridized carbons (Fsp3) is 0.125. The quantitative estimate of drug-likeness (QED) is 0.365. The molecule has 166 valence electrons. The molecule has 1 N–H and O–H groups in total. The minimum Gasteiger partial charge on any atom is -0.337 e. The molecule has 0 radical (unpaired) electrons. The van der Waals surface area contributed by atoms with Crippen molar-refractivity contribution >= 4 is 39.1 Å². The van der Waals surface area contributed by atoms with Crippen molar-refractivity contribution in [1.29, 1.82) is 0 Å². The summed E-state index contributed by atoms with van der Waals surface area (Å²) in [5.41, 5.74) is 2.15. The van der Waals surface area contributed by atoms with Crippen molar-refractivity contribution in [1.82, 2.24) is 24.6 Å². The number of benzene rings is 2. The highest BCUT2D eigenvalue weighted by Gasteiger charge is 2.24. The lowest BCUT2D eigenvalue weighted by molar-refractivity contribution is 0.0945. The Morgan fingerprint density at radius 2 is 2.00 bits per heavy atom. The molecule has 1 amide bonds. The van der Waals surface area contributed by atoms with E-state index < -0.39 is 6.04 Å². The Bertz CT molecular complexity index is 1490. The van der Waals surface area contributed by atoms with Gasteiger partial charge in [-0.25, -0.2) is 14.1 Å². The Morgan fingerprint density at radius 3 is 2.73 bits per heavy atom. The Balaban J connectivity index is 1.53. The van der Waals surface area contributed by atoms with Crippen molar-refractivity contribution in [3.05, 3.63) is 99.8 Å². The summed E-state index contributed by atoms with van der Waals surface area (Å²) in [6, 6.07) is 14.8. The van der Waals surface area contributed by atoms with Gasteiger partial charge < -0.3 is 9.88 Å². The molecule has 1 unspecified atom stereocenters. The molecule has 3 heterocycles. The first-order valence-corrected chi connectivity index (χ1v) is 11.4. The van der Waals surface area contributed by atoms with Crippen molar-refractivity contribution < 1.29 is 9.18 Å². The number of carbonyl (C=O) groups excluding carboxylic acids is 1. The highest BCUT2D eigenvalue weighted by molar-refractivity contribution is 7.20. The highest BCUT2D eigenvalue weighted by atomic mass is 35.5. The summed E-state index contributed by atoms with van der Waals surface area (Å²) in [4.78, 5) is 19.0. The van der Waals surface area contributed by atoms with Gasteiger partial charge in [0.2, 0.25) is 0 Å². The first-order chi connectivity index (χ1) is 15.9. The molecule has 5 aromatic rings. The number of halogens is 2. The van der Waals surface area contributed by atoms with Crippen LogP contribution in [0, 0.1) is 12.7 Å². The monoisotopic (exact) mass is 479 g/mol. The summed E-state index contributed by atoms with van der Waals surface area (Å²) in [5.74, 6) is -0.0506. The summed E-state index contributed by atoms with van der Waals surface area (Å²) in [5, 5.41) is 9.08. The zero-order valence-corrected chi connectivity index (χ0v) is 19.4. The first-order valence-electron chi connectivity index (χ1n) is 10.2. The minimum atomic E-state index is -0.612. The van der Waals surface area contributed by atoms with Crippen LogP contribution in [0.3, 0.4) is 0 Å². The molecule has 0 bridgehead atoms. The molecular formula is C24H19ClFN5OS. The summed E-state index contributed by atoms with van der Waals surface area (Å²) >= 11 is 7.71. The van der Waals surface area contributed by atoms with E-state index in [-0.39, 0.29) is 11.7 Å². The number of thiophene rings is 1. The molecule has 0 saturated heterocycles. The van der Waals surface area contributed by atoms with E-state index >= 15 is 0 Å². The van der Waals surface area contributed by atoms with Crippen LogP contribution in [0.5, 0.6) is 0 Å². The summed E-state index contributed by atoms with van der Waals surface area (Å²) in [7, 11) is 1.84. The van der Waals surface area contributed by atoms with Gasteiger partial charge in [-0.1, -0.05) is 35.9 Å². The molecule has 0 aliphatic heterocycles. The Labute approximate surface area is 198 Å². The molecule has 2 aromatic carbocycles. The smallest absolute Gasteiger partial charge is 0.262 e. The van der Waals surface area contributed by atoms with Crippen LogP contribution in [0.25, 0.3) is 15.9 Å². The van der Waals surface area contributed by atoms with Gasteiger partial charge in [-0.15, -0.1) is 11.3 Å². The third-order valence-corrected chi connectivity index (χ3v) is 6.85. The zero-order chi connectivity index (χ0) is 23.1. The predicted octanol–water partition coefficient (Wildman–Crippen LogP) is 5.44. The molecule has 3 aromatic heterocycles. The lowest BCUT2D eigenvalue weighted by Crippen LogP contribution is -2.30. The van der Waals surface area contributed by atoms with Gasteiger partial charge in [0, 0.05) is 24.8 Å². The molecule has 6 nitrogen and oxygen atoms in total. The largest absolute Gasteiger partial charge is 0.337 e. The van der Waals surface area contributed by atoms with E-state index in [2.05, 4.69) is 15.4 Å². The number of nitrogens with zero attached hydrogens (tertiary/aromatic N) is 4. The minimum absolute atomic E-state index is 0.279. The van der Waals surface area contributed by atoms with Crippen molar-refractivity contribution in [2.24, 2.45) is 7.05 Å². The number of amides is 1. The summed E-state index contributed by atoms with van der Waals surface area (Å²) < 4.78 is 17.5. The van der Waals surface area contributed by atoms with Crippen LogP contribution < -0.4 is 5.32 Å². The number of imidazole rings is 1. The maximum atomic E-state index is 14.0. The predicted molar refractivity (Wildman–Crippen MR) is 128 cm³/mol. The van der Waals surface area contributed by atoms with Crippen molar-refractivity contribution in [2.75, 3.05) is 0 Å². The molecule has 0 spiro atoms. The number of rotatable bonds is 5. The Hall–Kier alpha value is -3.49. The zero-order valence-electron chi connectivity index (χ0n) is 17.8. The molecule has 0 fully saturated rings. The van der Waals surface area contributed by atoms with Gasteiger partial charge >= 0.3 is 0 Å². The number of nitrogens with one attached hydrogen (secondary N) is 1. The second kappa shape index (κ2) is 8.46. The number of aromatic nitrogens is 4. The number of hydrogen-bond acceptors (Lipinski definition) is 4. The van der Waals surface area contributed by atoms with Crippen LogP contribution in [0.15, 0.2) is 67.0 Å². The van der Waals surface area contributed by atoms with Gasteiger partial charge in [-0.3, -0.25) is 4.79 Å². The lowest BCUT2D eigenvalue weighted by atomic mass is 10.1. The molecule has 1 atom stereocenters. The van der Waals surface area contributed by atoms with E-state index in [0.717, 1.165) is 21.6 Å². The van der Waals surface area contributed by atoms with Crippen LogP contribution in [0.4, 0.5) is 4.39 Å². The van der Waals surface area contributed by atoms with Crippen LogP contribution >= 0.6 is 22.9 Å². The molecule has 5 rings (SSSR count). The molecule has 9 heteroatoms. The number of para-hydroxylation sites is 1. The first kappa shape index (κ1) is 21.4. The van der Waals surface area contributed by atoms with Gasteiger partial charge in [0.1, 0.15) is 22.5 Å². The van der Waals surface area contributed by atoms with Gasteiger partial charge in [0.05, 0.1) is 21.3 Å². The Morgan fingerprint density at radius 1 is 1.18 bits per heavy atom. The van der Waals surface area contributed by atoms with Gasteiger partial charge in [0.15, 0.2) is 0 Å². The third-order valence-electron chi connectivity index (χ3n) is 5.42. The topological polar surface area (TPSA) is 64.7 Å². The number of hydrogen-bond donors (Lipinski definition) is 1. The average Bonchev–Trinajstić information content (AvgIpc) is 3.49. The normalized spacial score (nSPS) is 12.2. The Kier molecular flexibility index (Phi) is 5.47.